The Labute approximate surface area is 111 Å². The van der Waals surface area contributed by atoms with Crippen molar-refractivity contribution < 1.29 is 0 Å². The first kappa shape index (κ1) is 11.5. The molecule has 4 nitrogen and oxygen atoms in total. The highest BCUT2D eigenvalue weighted by Gasteiger charge is 2.23. The highest BCUT2D eigenvalue weighted by molar-refractivity contribution is 5.56. The summed E-state index contributed by atoms with van der Waals surface area (Å²) in [6, 6.07) is 15.3. The van der Waals surface area contributed by atoms with Crippen molar-refractivity contribution in [2.45, 2.75) is 13.1 Å². The summed E-state index contributed by atoms with van der Waals surface area (Å²) in [5, 5.41) is 9.18. The molecule has 0 saturated heterocycles. The molecule has 0 N–H and O–H groups in total. The van der Waals surface area contributed by atoms with Crippen LogP contribution < -0.4 is 10.5 Å². The van der Waals surface area contributed by atoms with Crippen LogP contribution in [0.2, 0.25) is 0 Å². The number of anilines is 1. The van der Waals surface area contributed by atoms with E-state index in [1.54, 1.807) is 10.6 Å². The number of nitriles is 1. The van der Waals surface area contributed by atoms with Gasteiger partial charge in [-0.1, -0.05) is 30.3 Å². The highest BCUT2D eigenvalue weighted by atomic mass is 16.1. The molecule has 1 aliphatic rings. The van der Waals surface area contributed by atoms with Crippen molar-refractivity contribution in [3.8, 4) is 6.07 Å². The number of hydrogen-bond donors (Lipinski definition) is 0. The molecule has 94 valence electrons. The average Bonchev–Trinajstić information content (AvgIpc) is 2.86. The Kier molecular flexibility index (Phi) is 2.81. The lowest BCUT2D eigenvalue weighted by atomic mass is 10.2. The fourth-order valence-electron chi connectivity index (χ4n) is 2.50. The topological polar surface area (TPSA) is 49.0 Å². The van der Waals surface area contributed by atoms with Gasteiger partial charge in [0.1, 0.15) is 11.9 Å². The van der Waals surface area contributed by atoms with Crippen LogP contribution in [-0.2, 0) is 13.1 Å². The standard InChI is InChI=1S/C15H13N3O/c16-10-13-6-7-14(19)18-9-8-17(15(13)18)11-12-4-2-1-3-5-12/h1-7H,8-9,11H2. The Hall–Kier alpha value is -2.54. The van der Waals surface area contributed by atoms with E-state index < -0.39 is 0 Å². The van der Waals surface area contributed by atoms with Gasteiger partial charge in [0.2, 0.25) is 0 Å². The van der Waals surface area contributed by atoms with Crippen LogP contribution in [0.15, 0.2) is 47.3 Å². The van der Waals surface area contributed by atoms with E-state index in [1.165, 1.54) is 11.6 Å². The summed E-state index contributed by atoms with van der Waals surface area (Å²) in [4.78, 5) is 13.9. The fraction of sp³-hybridized carbons (Fsp3) is 0.200. The van der Waals surface area contributed by atoms with E-state index in [4.69, 9.17) is 0 Å². The van der Waals surface area contributed by atoms with Gasteiger partial charge >= 0.3 is 0 Å². The molecule has 0 fully saturated rings. The van der Waals surface area contributed by atoms with Gasteiger partial charge < -0.3 is 4.90 Å². The quantitative estimate of drug-likeness (QED) is 0.817. The first-order valence-electron chi connectivity index (χ1n) is 6.22. The van der Waals surface area contributed by atoms with Crippen molar-refractivity contribution in [1.82, 2.24) is 4.57 Å². The summed E-state index contributed by atoms with van der Waals surface area (Å²) in [6.07, 6.45) is 0. The minimum Gasteiger partial charge on any atom is -0.351 e. The Morgan fingerprint density at radius 1 is 1.11 bits per heavy atom. The van der Waals surface area contributed by atoms with E-state index in [0.717, 1.165) is 18.9 Å². The van der Waals surface area contributed by atoms with Crippen LogP contribution >= 0.6 is 0 Å². The van der Waals surface area contributed by atoms with Crippen molar-refractivity contribution in [2.75, 3.05) is 11.4 Å². The minimum atomic E-state index is -0.0374. The van der Waals surface area contributed by atoms with Crippen molar-refractivity contribution in [2.24, 2.45) is 0 Å². The summed E-state index contributed by atoms with van der Waals surface area (Å²) in [5.74, 6) is 0.749. The highest BCUT2D eigenvalue weighted by Crippen LogP contribution is 2.25. The monoisotopic (exact) mass is 251 g/mol. The molecule has 1 aliphatic heterocycles. The molecule has 2 heterocycles. The first-order chi connectivity index (χ1) is 9.29. The molecular weight excluding hydrogens is 238 g/mol. The van der Waals surface area contributed by atoms with Gasteiger partial charge in [0, 0.05) is 25.7 Å². The number of rotatable bonds is 2. The maximum Gasteiger partial charge on any atom is 0.252 e. The molecule has 0 radical (unpaired) electrons. The number of pyridine rings is 1. The van der Waals surface area contributed by atoms with Crippen molar-refractivity contribution in [3.05, 3.63) is 63.9 Å². The van der Waals surface area contributed by atoms with Crippen LogP contribution in [0, 0.1) is 11.3 Å². The molecule has 0 amide bonds. The normalized spacial score (nSPS) is 13.1. The molecule has 1 aromatic carbocycles. The Balaban J connectivity index is 2.00. The number of aromatic nitrogens is 1. The smallest absolute Gasteiger partial charge is 0.252 e. The van der Waals surface area contributed by atoms with Crippen LogP contribution in [0.4, 0.5) is 5.82 Å². The summed E-state index contributed by atoms with van der Waals surface area (Å²) in [7, 11) is 0. The number of fused-ring (bicyclic) bond motifs is 1. The zero-order valence-electron chi connectivity index (χ0n) is 10.4. The molecule has 0 atom stereocenters. The predicted molar refractivity (Wildman–Crippen MR) is 72.9 cm³/mol. The molecule has 3 rings (SSSR count). The molecule has 4 heteroatoms. The second-order valence-electron chi connectivity index (χ2n) is 4.58. The van der Waals surface area contributed by atoms with E-state index in [9.17, 15) is 10.1 Å². The zero-order chi connectivity index (χ0) is 13.2. The molecule has 0 bridgehead atoms. The molecule has 0 aliphatic carbocycles. The fourth-order valence-corrected chi connectivity index (χ4v) is 2.50. The molecule has 2 aromatic rings. The van der Waals surface area contributed by atoms with Crippen LogP contribution in [0.5, 0.6) is 0 Å². The molecular formula is C15H13N3O. The van der Waals surface area contributed by atoms with Crippen molar-refractivity contribution in [1.29, 1.82) is 5.26 Å². The number of hydrogen-bond acceptors (Lipinski definition) is 3. The van der Waals surface area contributed by atoms with E-state index in [1.807, 2.05) is 18.2 Å². The number of benzene rings is 1. The van der Waals surface area contributed by atoms with E-state index in [-0.39, 0.29) is 5.56 Å². The van der Waals surface area contributed by atoms with E-state index in [2.05, 4.69) is 23.1 Å². The minimum absolute atomic E-state index is 0.0374. The Bertz CT molecular complexity index is 698. The third kappa shape index (κ3) is 2.00. The Morgan fingerprint density at radius 2 is 1.89 bits per heavy atom. The second kappa shape index (κ2) is 4.62. The molecule has 0 unspecified atom stereocenters. The average molecular weight is 251 g/mol. The number of nitrogens with zero attached hydrogens (tertiary/aromatic N) is 3. The van der Waals surface area contributed by atoms with Crippen molar-refractivity contribution in [3.63, 3.8) is 0 Å². The van der Waals surface area contributed by atoms with Gasteiger partial charge in [0.15, 0.2) is 0 Å². The van der Waals surface area contributed by atoms with Crippen LogP contribution in [0.1, 0.15) is 11.1 Å². The van der Waals surface area contributed by atoms with E-state index >= 15 is 0 Å². The summed E-state index contributed by atoms with van der Waals surface area (Å²) < 4.78 is 1.68. The maximum absolute atomic E-state index is 11.8. The largest absolute Gasteiger partial charge is 0.351 e. The van der Waals surface area contributed by atoms with Crippen LogP contribution in [0.3, 0.4) is 0 Å². The second-order valence-corrected chi connectivity index (χ2v) is 4.58. The van der Waals surface area contributed by atoms with E-state index in [0.29, 0.717) is 12.1 Å². The third-order valence-corrected chi connectivity index (χ3v) is 3.38. The van der Waals surface area contributed by atoms with Gasteiger partial charge in [-0.25, -0.2) is 0 Å². The predicted octanol–water partition coefficient (Wildman–Crippen LogP) is 1.74. The van der Waals surface area contributed by atoms with Crippen molar-refractivity contribution >= 4 is 5.82 Å². The third-order valence-electron chi connectivity index (χ3n) is 3.38. The Morgan fingerprint density at radius 3 is 2.63 bits per heavy atom. The molecule has 19 heavy (non-hydrogen) atoms. The lowest BCUT2D eigenvalue weighted by molar-refractivity contribution is 0.750. The lowest BCUT2D eigenvalue weighted by Gasteiger charge is -2.19. The van der Waals surface area contributed by atoms with Crippen LogP contribution in [0.25, 0.3) is 0 Å². The molecule has 0 saturated carbocycles. The van der Waals surface area contributed by atoms with Gasteiger partial charge in [-0.05, 0) is 11.6 Å². The summed E-state index contributed by atoms with van der Waals surface area (Å²) in [6.45, 7) is 2.14. The first-order valence-corrected chi connectivity index (χ1v) is 6.22. The van der Waals surface area contributed by atoms with Gasteiger partial charge in [-0.15, -0.1) is 0 Å². The SMILES string of the molecule is N#Cc1ccc(=O)n2c1N(Cc1ccccc1)CC2. The zero-order valence-corrected chi connectivity index (χ0v) is 10.4. The molecule has 1 aromatic heterocycles. The van der Waals surface area contributed by atoms with Crippen LogP contribution in [-0.4, -0.2) is 11.1 Å². The van der Waals surface area contributed by atoms with Gasteiger partial charge in [-0.3, -0.25) is 9.36 Å². The van der Waals surface area contributed by atoms with Gasteiger partial charge in [-0.2, -0.15) is 5.26 Å². The summed E-state index contributed by atoms with van der Waals surface area (Å²) in [5.41, 5.74) is 1.70. The summed E-state index contributed by atoms with van der Waals surface area (Å²) >= 11 is 0. The van der Waals surface area contributed by atoms with Gasteiger partial charge in [0.05, 0.1) is 5.56 Å². The lowest BCUT2D eigenvalue weighted by Crippen LogP contribution is -2.22. The van der Waals surface area contributed by atoms with Gasteiger partial charge in [0.25, 0.3) is 5.56 Å². The molecule has 0 spiro atoms. The maximum atomic E-state index is 11.8.